The van der Waals surface area contributed by atoms with Crippen LogP contribution in [0.3, 0.4) is 0 Å². The number of carboxylic acid groups (broad SMARTS) is 1. The number of nitrogens with one attached hydrogen (secondary N) is 1. The van der Waals surface area contributed by atoms with Gasteiger partial charge in [-0.2, -0.15) is 0 Å². The number of phenols is 1. The maximum Gasteiger partial charge on any atom is 0.307 e. The Labute approximate surface area is 107 Å². The fourth-order valence-electron chi connectivity index (χ4n) is 1.20. The molecule has 0 aliphatic heterocycles. The summed E-state index contributed by atoms with van der Waals surface area (Å²) in [4.78, 5) is 21.6. The molecular weight excluding hydrogens is 290 g/mol. The Bertz CT molecular complexity index is 445. The molecule has 92 valence electrons. The molecule has 0 aliphatic carbocycles. The molecule has 0 saturated carbocycles. The van der Waals surface area contributed by atoms with Crippen molar-refractivity contribution in [1.29, 1.82) is 0 Å². The van der Waals surface area contributed by atoms with Gasteiger partial charge in [0, 0.05) is 0 Å². The smallest absolute Gasteiger partial charge is 0.307 e. The van der Waals surface area contributed by atoms with Gasteiger partial charge in [0.25, 0.3) is 0 Å². The van der Waals surface area contributed by atoms with E-state index in [1.807, 2.05) is 0 Å². The number of amides is 1. The van der Waals surface area contributed by atoms with Gasteiger partial charge in [-0.15, -0.1) is 0 Å². The van der Waals surface area contributed by atoms with E-state index in [0.29, 0.717) is 5.56 Å². The standard InChI is InChI=1S/C11H12BrNO4/c1-6(12)11(17)13-8-4-7(5-10(15)16)2-3-9(8)14/h2-4,6,14H,5H2,1H3,(H,13,17)(H,15,16). The van der Waals surface area contributed by atoms with Crippen molar-refractivity contribution in [3.63, 3.8) is 0 Å². The van der Waals surface area contributed by atoms with E-state index in [-0.39, 0.29) is 23.8 Å². The van der Waals surface area contributed by atoms with Gasteiger partial charge in [-0.3, -0.25) is 9.59 Å². The Balaban J connectivity index is 2.90. The number of phenolic OH excluding ortho intramolecular Hbond substituents is 1. The van der Waals surface area contributed by atoms with Gasteiger partial charge in [0.2, 0.25) is 5.91 Å². The van der Waals surface area contributed by atoms with Gasteiger partial charge < -0.3 is 15.5 Å². The number of aromatic hydroxyl groups is 1. The summed E-state index contributed by atoms with van der Waals surface area (Å²) >= 11 is 3.09. The number of rotatable bonds is 4. The molecule has 0 radical (unpaired) electrons. The lowest BCUT2D eigenvalue weighted by atomic mass is 10.1. The zero-order chi connectivity index (χ0) is 13.0. The van der Waals surface area contributed by atoms with E-state index < -0.39 is 10.8 Å². The van der Waals surface area contributed by atoms with E-state index in [2.05, 4.69) is 21.2 Å². The molecule has 0 heterocycles. The lowest BCUT2D eigenvalue weighted by molar-refractivity contribution is -0.136. The molecule has 1 amide bonds. The molecule has 5 nitrogen and oxygen atoms in total. The summed E-state index contributed by atoms with van der Waals surface area (Å²) in [6.45, 7) is 1.65. The van der Waals surface area contributed by atoms with Crippen molar-refractivity contribution < 1.29 is 19.8 Å². The Morgan fingerprint density at radius 1 is 1.47 bits per heavy atom. The van der Waals surface area contributed by atoms with Gasteiger partial charge in [-0.25, -0.2) is 0 Å². The molecule has 1 atom stereocenters. The van der Waals surface area contributed by atoms with E-state index in [1.165, 1.54) is 18.2 Å². The second-order valence-electron chi connectivity index (χ2n) is 3.53. The maximum atomic E-state index is 11.4. The van der Waals surface area contributed by atoms with Crippen LogP contribution in [0.5, 0.6) is 5.75 Å². The van der Waals surface area contributed by atoms with Crippen LogP contribution in [-0.2, 0) is 16.0 Å². The van der Waals surface area contributed by atoms with E-state index in [0.717, 1.165) is 0 Å². The minimum atomic E-state index is -0.971. The van der Waals surface area contributed by atoms with Crippen molar-refractivity contribution >= 4 is 33.5 Å². The minimum absolute atomic E-state index is 0.0966. The topological polar surface area (TPSA) is 86.6 Å². The van der Waals surface area contributed by atoms with Crippen LogP contribution in [0, 0.1) is 0 Å². The molecule has 6 heteroatoms. The average Bonchev–Trinajstić information content (AvgIpc) is 2.22. The first-order valence-corrected chi connectivity index (χ1v) is 5.80. The summed E-state index contributed by atoms with van der Waals surface area (Å²) in [6.07, 6.45) is -0.160. The molecule has 0 bridgehead atoms. The van der Waals surface area contributed by atoms with Gasteiger partial charge in [-0.05, 0) is 24.6 Å². The predicted molar refractivity (Wildman–Crippen MR) is 66.5 cm³/mol. The van der Waals surface area contributed by atoms with Gasteiger partial charge in [0.15, 0.2) is 0 Å². The van der Waals surface area contributed by atoms with Gasteiger partial charge >= 0.3 is 5.97 Å². The Hall–Kier alpha value is -1.56. The summed E-state index contributed by atoms with van der Waals surface area (Å²) in [5.74, 6) is -1.38. The molecule has 0 aliphatic rings. The lowest BCUT2D eigenvalue weighted by Crippen LogP contribution is -2.20. The SMILES string of the molecule is CC(Br)C(=O)Nc1cc(CC(=O)O)ccc1O. The minimum Gasteiger partial charge on any atom is -0.506 e. The second kappa shape index (κ2) is 5.67. The van der Waals surface area contributed by atoms with E-state index in [4.69, 9.17) is 5.11 Å². The molecule has 1 unspecified atom stereocenters. The number of carbonyl (C=O) groups excluding carboxylic acids is 1. The van der Waals surface area contributed by atoms with Crippen molar-refractivity contribution in [2.45, 2.75) is 18.2 Å². The number of carbonyl (C=O) groups is 2. The number of benzene rings is 1. The molecule has 0 saturated heterocycles. The summed E-state index contributed by atoms with van der Waals surface area (Å²) in [7, 11) is 0. The van der Waals surface area contributed by atoms with Crippen molar-refractivity contribution in [3.05, 3.63) is 23.8 Å². The number of hydrogen-bond donors (Lipinski definition) is 3. The number of hydrogen-bond acceptors (Lipinski definition) is 3. The van der Waals surface area contributed by atoms with Crippen molar-refractivity contribution in [2.75, 3.05) is 5.32 Å². The third kappa shape index (κ3) is 4.07. The maximum absolute atomic E-state index is 11.4. The van der Waals surface area contributed by atoms with Crippen molar-refractivity contribution in [2.24, 2.45) is 0 Å². The fourth-order valence-corrected chi connectivity index (χ4v) is 1.31. The fraction of sp³-hybridized carbons (Fsp3) is 0.273. The first kappa shape index (κ1) is 13.5. The lowest BCUT2D eigenvalue weighted by Gasteiger charge is -2.09. The molecule has 0 fully saturated rings. The molecule has 1 aromatic rings. The average molecular weight is 302 g/mol. The van der Waals surface area contributed by atoms with Crippen LogP contribution in [0.25, 0.3) is 0 Å². The van der Waals surface area contributed by atoms with Crippen LogP contribution in [0.4, 0.5) is 5.69 Å². The Morgan fingerprint density at radius 2 is 2.12 bits per heavy atom. The molecule has 17 heavy (non-hydrogen) atoms. The number of carboxylic acids is 1. The summed E-state index contributed by atoms with van der Waals surface area (Å²) in [5, 5.41) is 20.7. The largest absolute Gasteiger partial charge is 0.506 e. The number of aliphatic carboxylic acids is 1. The highest BCUT2D eigenvalue weighted by molar-refractivity contribution is 9.10. The number of alkyl halides is 1. The first-order valence-electron chi connectivity index (χ1n) is 4.88. The normalized spacial score (nSPS) is 11.9. The predicted octanol–water partition coefficient (Wildman–Crippen LogP) is 1.74. The number of anilines is 1. The van der Waals surface area contributed by atoms with Crippen LogP contribution >= 0.6 is 15.9 Å². The Morgan fingerprint density at radius 3 is 2.65 bits per heavy atom. The summed E-state index contributed by atoms with van der Waals surface area (Å²) in [6, 6.07) is 4.29. The molecule has 1 rings (SSSR count). The first-order chi connectivity index (χ1) is 7.90. The van der Waals surface area contributed by atoms with Crippen LogP contribution in [0.1, 0.15) is 12.5 Å². The van der Waals surface area contributed by atoms with Gasteiger partial charge in [0.05, 0.1) is 16.9 Å². The van der Waals surface area contributed by atoms with Crippen LogP contribution in [0.2, 0.25) is 0 Å². The van der Waals surface area contributed by atoms with Crippen LogP contribution < -0.4 is 5.32 Å². The molecular formula is C11H12BrNO4. The van der Waals surface area contributed by atoms with Gasteiger partial charge in [-0.1, -0.05) is 22.0 Å². The van der Waals surface area contributed by atoms with E-state index in [9.17, 15) is 14.7 Å². The van der Waals surface area contributed by atoms with Crippen LogP contribution in [-0.4, -0.2) is 26.9 Å². The molecule has 3 N–H and O–H groups in total. The second-order valence-corrected chi connectivity index (χ2v) is 4.90. The quantitative estimate of drug-likeness (QED) is 0.584. The Kier molecular flexibility index (Phi) is 4.51. The van der Waals surface area contributed by atoms with Gasteiger partial charge in [0.1, 0.15) is 5.75 Å². The highest BCUT2D eigenvalue weighted by Gasteiger charge is 2.12. The molecule has 0 spiro atoms. The van der Waals surface area contributed by atoms with E-state index >= 15 is 0 Å². The van der Waals surface area contributed by atoms with Crippen molar-refractivity contribution in [3.8, 4) is 5.75 Å². The zero-order valence-electron chi connectivity index (χ0n) is 9.11. The summed E-state index contributed by atoms with van der Waals surface area (Å²) < 4.78 is 0. The zero-order valence-corrected chi connectivity index (χ0v) is 10.7. The van der Waals surface area contributed by atoms with E-state index in [1.54, 1.807) is 6.92 Å². The third-order valence-electron chi connectivity index (χ3n) is 2.04. The van der Waals surface area contributed by atoms with Crippen molar-refractivity contribution in [1.82, 2.24) is 0 Å². The molecule has 0 aromatic heterocycles. The summed E-state index contributed by atoms with van der Waals surface area (Å²) in [5.41, 5.74) is 0.716. The van der Waals surface area contributed by atoms with Crippen LogP contribution in [0.15, 0.2) is 18.2 Å². The molecule has 1 aromatic carbocycles. The monoisotopic (exact) mass is 301 g/mol. The number of halogens is 1. The third-order valence-corrected chi connectivity index (χ3v) is 2.45. The highest BCUT2D eigenvalue weighted by Crippen LogP contribution is 2.25. The highest BCUT2D eigenvalue weighted by atomic mass is 79.9.